The molecule has 1 aliphatic rings. The van der Waals surface area contributed by atoms with Crippen molar-refractivity contribution in [3.63, 3.8) is 0 Å². The van der Waals surface area contributed by atoms with Gasteiger partial charge in [-0.15, -0.1) is 0 Å². The van der Waals surface area contributed by atoms with Crippen LogP contribution in [0.3, 0.4) is 0 Å². The van der Waals surface area contributed by atoms with Crippen molar-refractivity contribution < 1.29 is 0 Å². The third kappa shape index (κ3) is 7.70. The van der Waals surface area contributed by atoms with Crippen LogP contribution in [0.4, 0.5) is 0 Å². The summed E-state index contributed by atoms with van der Waals surface area (Å²) in [5.41, 5.74) is 0.504. The molecule has 19 heavy (non-hydrogen) atoms. The summed E-state index contributed by atoms with van der Waals surface area (Å²) in [7, 11) is 0. The van der Waals surface area contributed by atoms with Crippen LogP contribution < -0.4 is 0 Å². The molecule has 1 aliphatic heterocycles. The highest BCUT2D eigenvalue weighted by atomic mass is 79.9. The van der Waals surface area contributed by atoms with Crippen LogP contribution >= 0.6 is 15.9 Å². The maximum atomic E-state index is 3.49. The summed E-state index contributed by atoms with van der Waals surface area (Å²) in [5, 5.41) is 1.18. The highest BCUT2D eigenvalue weighted by molar-refractivity contribution is 9.09. The summed E-state index contributed by atoms with van der Waals surface area (Å²) in [4.78, 5) is 2.70. The number of alkyl halides is 1. The van der Waals surface area contributed by atoms with Gasteiger partial charge in [0.1, 0.15) is 0 Å². The van der Waals surface area contributed by atoms with Crippen LogP contribution in [0, 0.1) is 11.3 Å². The highest BCUT2D eigenvalue weighted by Crippen LogP contribution is 2.33. The van der Waals surface area contributed by atoms with Gasteiger partial charge in [0.25, 0.3) is 0 Å². The van der Waals surface area contributed by atoms with E-state index in [4.69, 9.17) is 0 Å². The predicted molar refractivity (Wildman–Crippen MR) is 90.1 cm³/mol. The summed E-state index contributed by atoms with van der Waals surface area (Å²) < 4.78 is 0. The van der Waals surface area contributed by atoms with Crippen LogP contribution in [0.5, 0.6) is 0 Å². The van der Waals surface area contributed by atoms with Crippen LogP contribution in [0.2, 0.25) is 0 Å². The number of likely N-dealkylation sites (tertiary alicyclic amines) is 1. The van der Waals surface area contributed by atoms with Crippen molar-refractivity contribution in [2.45, 2.75) is 72.1 Å². The fourth-order valence-electron chi connectivity index (χ4n) is 3.06. The molecule has 1 nitrogen and oxygen atoms in total. The van der Waals surface area contributed by atoms with E-state index in [2.05, 4.69) is 41.6 Å². The Bertz CT molecular complexity index is 222. The Morgan fingerprint density at radius 3 is 2.05 bits per heavy atom. The number of nitrogens with zero attached hydrogens (tertiary/aromatic N) is 1. The number of hydrogen-bond donors (Lipinski definition) is 0. The van der Waals surface area contributed by atoms with Gasteiger partial charge in [0.05, 0.1) is 0 Å². The van der Waals surface area contributed by atoms with Crippen molar-refractivity contribution in [2.24, 2.45) is 11.3 Å². The standard InChI is InChI=1S/C17H34BrN/c1-17(2,3)16-11-14-19(15-16)13-10-8-6-4-5-7-9-12-18/h16H,4-15H2,1-3H3. The molecule has 1 heterocycles. The molecule has 0 bridgehead atoms. The van der Waals surface area contributed by atoms with Gasteiger partial charge in [0, 0.05) is 11.9 Å². The van der Waals surface area contributed by atoms with Crippen molar-refractivity contribution >= 4 is 15.9 Å². The van der Waals surface area contributed by atoms with E-state index in [0.29, 0.717) is 5.41 Å². The Kier molecular flexibility index (Phi) is 8.64. The Hall–Kier alpha value is 0.440. The summed E-state index contributed by atoms with van der Waals surface area (Å²) in [6.07, 6.45) is 11.3. The molecule has 0 N–H and O–H groups in total. The zero-order chi connectivity index (χ0) is 14.1. The lowest BCUT2D eigenvalue weighted by Gasteiger charge is -2.27. The minimum atomic E-state index is 0.504. The van der Waals surface area contributed by atoms with E-state index in [1.807, 2.05) is 0 Å². The number of rotatable bonds is 9. The summed E-state index contributed by atoms with van der Waals surface area (Å²) >= 11 is 3.49. The molecule has 1 unspecified atom stereocenters. The minimum Gasteiger partial charge on any atom is -0.303 e. The largest absolute Gasteiger partial charge is 0.303 e. The molecular weight excluding hydrogens is 298 g/mol. The van der Waals surface area contributed by atoms with Crippen LogP contribution in [0.1, 0.15) is 72.1 Å². The third-order valence-electron chi connectivity index (χ3n) is 4.61. The van der Waals surface area contributed by atoms with Gasteiger partial charge in [0.2, 0.25) is 0 Å². The molecule has 0 radical (unpaired) electrons. The second-order valence-corrected chi connectivity index (χ2v) is 8.11. The smallest absolute Gasteiger partial charge is 0.00313 e. The van der Waals surface area contributed by atoms with E-state index in [1.54, 1.807) is 0 Å². The number of halogens is 1. The average molecular weight is 332 g/mol. The van der Waals surface area contributed by atoms with Gasteiger partial charge in [0.15, 0.2) is 0 Å². The zero-order valence-corrected chi connectivity index (χ0v) is 15.0. The second kappa shape index (κ2) is 9.39. The van der Waals surface area contributed by atoms with E-state index in [1.165, 1.54) is 76.3 Å². The fourth-order valence-corrected chi connectivity index (χ4v) is 3.45. The summed E-state index contributed by atoms with van der Waals surface area (Å²) in [6, 6.07) is 0. The lowest BCUT2D eigenvalue weighted by atomic mass is 9.80. The van der Waals surface area contributed by atoms with Crippen LogP contribution in [0.25, 0.3) is 0 Å². The first kappa shape index (κ1) is 17.5. The normalized spacial score (nSPS) is 21.2. The molecule has 0 aromatic carbocycles. The number of hydrogen-bond acceptors (Lipinski definition) is 1. The second-order valence-electron chi connectivity index (χ2n) is 7.32. The van der Waals surface area contributed by atoms with Gasteiger partial charge in [-0.1, -0.05) is 68.8 Å². The average Bonchev–Trinajstić information content (AvgIpc) is 2.81. The molecule has 1 atom stereocenters. The lowest BCUT2D eigenvalue weighted by molar-refractivity contribution is 0.227. The zero-order valence-electron chi connectivity index (χ0n) is 13.4. The van der Waals surface area contributed by atoms with Gasteiger partial charge in [-0.2, -0.15) is 0 Å². The maximum Gasteiger partial charge on any atom is 0.00313 e. The topological polar surface area (TPSA) is 3.24 Å². The summed E-state index contributed by atoms with van der Waals surface area (Å²) in [5.74, 6) is 0.914. The monoisotopic (exact) mass is 331 g/mol. The van der Waals surface area contributed by atoms with Gasteiger partial charge in [-0.05, 0) is 43.7 Å². The quantitative estimate of drug-likeness (QED) is 0.399. The Morgan fingerprint density at radius 1 is 0.947 bits per heavy atom. The van der Waals surface area contributed by atoms with E-state index >= 15 is 0 Å². The van der Waals surface area contributed by atoms with Crippen molar-refractivity contribution in [3.8, 4) is 0 Å². The first-order valence-corrected chi connectivity index (χ1v) is 9.44. The summed E-state index contributed by atoms with van der Waals surface area (Å²) in [6.45, 7) is 11.2. The van der Waals surface area contributed by atoms with Crippen LogP contribution in [-0.4, -0.2) is 29.9 Å². The molecule has 2 heteroatoms. The Balaban J connectivity index is 1.94. The van der Waals surface area contributed by atoms with Crippen LogP contribution in [-0.2, 0) is 0 Å². The molecule has 1 fully saturated rings. The van der Waals surface area contributed by atoms with Gasteiger partial charge >= 0.3 is 0 Å². The molecule has 1 rings (SSSR count). The van der Waals surface area contributed by atoms with Gasteiger partial charge in [-0.25, -0.2) is 0 Å². The predicted octanol–water partition coefficient (Wildman–Crippen LogP) is 5.48. The van der Waals surface area contributed by atoms with E-state index < -0.39 is 0 Å². The SMILES string of the molecule is CC(C)(C)C1CCN(CCCCCCCCCBr)C1. The van der Waals surface area contributed by atoms with Gasteiger partial charge in [-0.3, -0.25) is 0 Å². The minimum absolute atomic E-state index is 0.504. The van der Waals surface area contributed by atoms with E-state index in [-0.39, 0.29) is 0 Å². The van der Waals surface area contributed by atoms with Crippen molar-refractivity contribution in [1.82, 2.24) is 4.90 Å². The van der Waals surface area contributed by atoms with E-state index in [0.717, 1.165) is 5.92 Å². The maximum absolute atomic E-state index is 3.49. The molecule has 0 spiro atoms. The van der Waals surface area contributed by atoms with Gasteiger partial charge < -0.3 is 4.90 Å². The first-order valence-electron chi connectivity index (χ1n) is 8.32. The molecule has 1 saturated heterocycles. The molecule has 0 aliphatic carbocycles. The molecule has 114 valence electrons. The van der Waals surface area contributed by atoms with Crippen LogP contribution in [0.15, 0.2) is 0 Å². The third-order valence-corrected chi connectivity index (χ3v) is 5.17. The molecule has 0 saturated carbocycles. The van der Waals surface area contributed by atoms with Crippen molar-refractivity contribution in [1.29, 1.82) is 0 Å². The van der Waals surface area contributed by atoms with E-state index in [9.17, 15) is 0 Å². The Labute approximate surface area is 129 Å². The molecule has 0 amide bonds. The first-order chi connectivity index (χ1) is 9.04. The molecular formula is C17H34BrN. The number of unbranched alkanes of at least 4 members (excludes halogenated alkanes) is 6. The fraction of sp³-hybridized carbons (Fsp3) is 1.00. The van der Waals surface area contributed by atoms with Crippen molar-refractivity contribution in [3.05, 3.63) is 0 Å². The molecule has 0 aromatic rings. The van der Waals surface area contributed by atoms with Crippen molar-refractivity contribution in [2.75, 3.05) is 25.0 Å². The molecule has 0 aromatic heterocycles. The lowest BCUT2D eigenvalue weighted by Crippen LogP contribution is -2.26. The highest BCUT2D eigenvalue weighted by Gasteiger charge is 2.31. The Morgan fingerprint density at radius 2 is 1.53 bits per heavy atom.